The molecule has 6 aromatic carbocycles. The molecular formula is C47H52O4Si2. The minimum atomic E-state index is -3.11. The van der Waals surface area contributed by atoms with E-state index in [2.05, 4.69) is 193 Å². The SMILES string of the molecule is CC(C)(C)[Si](OC[C@H]1O[C@@H](c2cccc3ccccc23)[C@@H](O)[C@@H]1O[Si](c1ccccc1)(c1ccccc1)C(C)(C)C)(c1ccccc1)c1ccccc1. The smallest absolute Gasteiger partial charge is 0.261 e. The number of hydrogen-bond donors (Lipinski definition) is 1. The zero-order valence-electron chi connectivity index (χ0n) is 31.8. The van der Waals surface area contributed by atoms with Crippen LogP contribution < -0.4 is 20.7 Å². The van der Waals surface area contributed by atoms with E-state index in [0.717, 1.165) is 26.7 Å². The van der Waals surface area contributed by atoms with Crippen molar-refractivity contribution in [2.75, 3.05) is 6.61 Å². The fourth-order valence-corrected chi connectivity index (χ4v) is 17.9. The Morgan fingerprint density at radius 3 is 1.42 bits per heavy atom. The average molecular weight is 737 g/mol. The second-order valence-corrected chi connectivity index (χ2v) is 24.9. The molecule has 1 aliphatic rings. The number of hydrogen-bond acceptors (Lipinski definition) is 4. The molecule has 0 unspecified atom stereocenters. The minimum Gasteiger partial charge on any atom is -0.405 e. The molecular weight excluding hydrogens is 685 g/mol. The van der Waals surface area contributed by atoms with Gasteiger partial charge in [-0.25, -0.2) is 0 Å². The maximum Gasteiger partial charge on any atom is 0.261 e. The summed E-state index contributed by atoms with van der Waals surface area (Å²) in [7, 11) is -6.05. The third-order valence-corrected chi connectivity index (χ3v) is 21.1. The van der Waals surface area contributed by atoms with Crippen LogP contribution in [0.1, 0.15) is 53.2 Å². The van der Waals surface area contributed by atoms with Crippen molar-refractivity contribution in [2.45, 2.75) is 76.0 Å². The maximum absolute atomic E-state index is 12.7. The molecule has 0 aromatic heterocycles. The Bertz CT molecular complexity index is 2010. The van der Waals surface area contributed by atoms with Crippen molar-refractivity contribution in [1.29, 1.82) is 0 Å². The summed E-state index contributed by atoms with van der Waals surface area (Å²) in [5, 5.41) is 19.1. The van der Waals surface area contributed by atoms with Crippen molar-refractivity contribution in [3.8, 4) is 0 Å². The summed E-state index contributed by atoms with van der Waals surface area (Å²) in [6.45, 7) is 14.0. The van der Waals surface area contributed by atoms with E-state index in [-0.39, 0.29) is 16.7 Å². The first kappa shape index (κ1) is 37.2. The van der Waals surface area contributed by atoms with E-state index in [9.17, 15) is 5.11 Å². The number of rotatable bonds is 10. The molecule has 1 saturated heterocycles. The van der Waals surface area contributed by atoms with Crippen LogP contribution in [0, 0.1) is 0 Å². The van der Waals surface area contributed by atoms with Gasteiger partial charge in [0.2, 0.25) is 0 Å². The minimum absolute atomic E-state index is 0.226. The second-order valence-electron chi connectivity index (χ2n) is 16.4. The van der Waals surface area contributed by atoms with Gasteiger partial charge in [0.25, 0.3) is 16.6 Å². The van der Waals surface area contributed by atoms with E-state index in [1.807, 2.05) is 12.1 Å². The molecule has 272 valence electrons. The molecule has 0 bridgehead atoms. The van der Waals surface area contributed by atoms with Gasteiger partial charge in [-0.15, -0.1) is 0 Å². The van der Waals surface area contributed by atoms with Crippen molar-refractivity contribution in [3.63, 3.8) is 0 Å². The predicted octanol–water partition coefficient (Wildman–Crippen LogP) is 8.16. The van der Waals surface area contributed by atoms with Crippen molar-refractivity contribution in [3.05, 3.63) is 169 Å². The Hall–Kier alpha value is -4.15. The lowest BCUT2D eigenvalue weighted by molar-refractivity contribution is -0.0157. The van der Waals surface area contributed by atoms with Crippen LogP contribution in [0.15, 0.2) is 164 Å². The number of aliphatic hydroxyl groups is 1. The summed E-state index contributed by atoms with van der Waals surface area (Å²) in [6.07, 6.45) is -2.80. The van der Waals surface area contributed by atoms with E-state index in [1.165, 1.54) is 10.4 Å². The van der Waals surface area contributed by atoms with Crippen LogP contribution in [-0.4, -0.2) is 46.7 Å². The van der Waals surface area contributed by atoms with Gasteiger partial charge in [-0.1, -0.05) is 205 Å². The quantitative estimate of drug-likeness (QED) is 0.144. The fraction of sp³-hybridized carbons (Fsp3) is 0.277. The van der Waals surface area contributed by atoms with Gasteiger partial charge in [-0.05, 0) is 47.2 Å². The molecule has 1 fully saturated rings. The lowest BCUT2D eigenvalue weighted by atomic mass is 9.96. The Morgan fingerprint density at radius 1 is 0.528 bits per heavy atom. The van der Waals surface area contributed by atoms with Crippen LogP contribution >= 0.6 is 0 Å². The molecule has 1 heterocycles. The first-order valence-corrected chi connectivity index (χ1v) is 22.6. The van der Waals surface area contributed by atoms with E-state index in [0.29, 0.717) is 0 Å². The van der Waals surface area contributed by atoms with Crippen molar-refractivity contribution in [2.24, 2.45) is 0 Å². The summed E-state index contributed by atoms with van der Waals surface area (Å²) in [4.78, 5) is 0. The Labute approximate surface area is 317 Å². The molecule has 1 aliphatic heterocycles. The predicted molar refractivity (Wildman–Crippen MR) is 224 cm³/mol. The van der Waals surface area contributed by atoms with Crippen molar-refractivity contribution >= 4 is 48.2 Å². The highest BCUT2D eigenvalue weighted by atomic mass is 28.4. The second kappa shape index (κ2) is 14.9. The molecule has 6 aromatic rings. The van der Waals surface area contributed by atoms with Crippen LogP contribution in [0.3, 0.4) is 0 Å². The largest absolute Gasteiger partial charge is 0.405 e. The van der Waals surface area contributed by atoms with Gasteiger partial charge in [-0.3, -0.25) is 0 Å². The molecule has 6 heteroatoms. The van der Waals surface area contributed by atoms with Crippen molar-refractivity contribution in [1.82, 2.24) is 0 Å². The van der Waals surface area contributed by atoms with Crippen molar-refractivity contribution < 1.29 is 18.7 Å². The summed E-state index contributed by atoms with van der Waals surface area (Å²) in [5.41, 5.74) is 0.958. The molecule has 0 amide bonds. The monoisotopic (exact) mass is 736 g/mol. The number of benzene rings is 6. The van der Waals surface area contributed by atoms with Crippen LogP contribution in [0.4, 0.5) is 0 Å². The molecule has 0 radical (unpaired) electrons. The van der Waals surface area contributed by atoms with E-state index < -0.39 is 41.1 Å². The summed E-state index contributed by atoms with van der Waals surface area (Å²) in [5.74, 6) is 0. The average Bonchev–Trinajstić information content (AvgIpc) is 3.48. The molecule has 0 spiro atoms. The first-order valence-electron chi connectivity index (χ1n) is 18.8. The highest BCUT2D eigenvalue weighted by molar-refractivity contribution is 7.00. The van der Waals surface area contributed by atoms with Crippen LogP contribution in [0.25, 0.3) is 10.8 Å². The summed E-state index contributed by atoms with van der Waals surface area (Å²) >= 11 is 0. The fourth-order valence-electron chi connectivity index (χ4n) is 8.64. The number of fused-ring (bicyclic) bond motifs is 1. The Morgan fingerprint density at radius 2 is 0.943 bits per heavy atom. The zero-order chi connectivity index (χ0) is 37.3. The number of ether oxygens (including phenoxy) is 1. The molecule has 4 nitrogen and oxygen atoms in total. The van der Waals surface area contributed by atoms with Gasteiger partial charge in [0.15, 0.2) is 0 Å². The third kappa shape index (κ3) is 6.78. The molecule has 0 aliphatic carbocycles. The normalized spacial score (nSPS) is 19.8. The maximum atomic E-state index is 12.7. The van der Waals surface area contributed by atoms with Crippen LogP contribution in [-0.2, 0) is 13.6 Å². The van der Waals surface area contributed by atoms with Gasteiger partial charge in [-0.2, -0.15) is 0 Å². The highest BCUT2D eigenvalue weighted by Gasteiger charge is 2.57. The first-order chi connectivity index (χ1) is 25.5. The van der Waals surface area contributed by atoms with E-state index >= 15 is 0 Å². The Balaban J connectivity index is 1.39. The van der Waals surface area contributed by atoms with Crippen LogP contribution in [0.2, 0.25) is 10.1 Å². The zero-order valence-corrected chi connectivity index (χ0v) is 33.8. The van der Waals surface area contributed by atoms with Gasteiger partial charge < -0.3 is 18.7 Å². The highest BCUT2D eigenvalue weighted by Crippen LogP contribution is 2.45. The van der Waals surface area contributed by atoms with E-state index in [4.69, 9.17) is 13.6 Å². The van der Waals surface area contributed by atoms with E-state index in [1.54, 1.807) is 0 Å². The summed E-state index contributed by atoms with van der Waals surface area (Å²) < 4.78 is 22.5. The van der Waals surface area contributed by atoms with Crippen LogP contribution in [0.5, 0.6) is 0 Å². The molecule has 0 saturated carbocycles. The standard InChI is InChI=1S/C47H52O4Si2/c1-46(2,3)52(36-24-11-7-12-25-36,37-26-13-8-14-27-37)49-34-42-45(43(48)44(50-42)41-33-21-23-35-22-19-20-32-40(35)41)51-53(47(4,5)6,38-28-15-9-16-29-38)39-30-17-10-18-31-39/h7-33,42-45,48H,34H2,1-6H3/t42-,43-,44+,45-/m1/s1. The van der Waals surface area contributed by atoms with Gasteiger partial charge in [0, 0.05) is 0 Å². The number of aliphatic hydroxyl groups excluding tert-OH is 1. The molecule has 53 heavy (non-hydrogen) atoms. The van der Waals surface area contributed by atoms with Gasteiger partial charge >= 0.3 is 0 Å². The molecule has 7 rings (SSSR count). The lowest BCUT2D eigenvalue weighted by Gasteiger charge is -2.46. The topological polar surface area (TPSA) is 47.9 Å². The van der Waals surface area contributed by atoms with Gasteiger partial charge in [0.05, 0.1) is 6.61 Å². The molecule has 4 atom stereocenters. The lowest BCUT2D eigenvalue weighted by Crippen LogP contribution is -2.69. The summed E-state index contributed by atoms with van der Waals surface area (Å²) in [6, 6.07) is 57.3. The third-order valence-electron chi connectivity index (χ3n) is 11.1. The Kier molecular flexibility index (Phi) is 10.5. The molecule has 1 N–H and O–H groups in total. The van der Waals surface area contributed by atoms with Gasteiger partial charge in [0.1, 0.15) is 24.4 Å².